The molecule has 2 N–H and O–H groups in total. The van der Waals surface area contributed by atoms with Crippen LogP contribution in [0.1, 0.15) is 27.6 Å². The SMILES string of the molecule is O=C(CNC(=O)OC1c2ccccc2-c2ccccc21)CS(=O)(=O)c1ccc(C(=O)O)cc1. The summed E-state index contributed by atoms with van der Waals surface area (Å²) in [6.07, 6.45) is -1.48. The molecule has 0 spiro atoms. The molecule has 33 heavy (non-hydrogen) atoms. The summed E-state index contributed by atoms with van der Waals surface area (Å²) in [5.41, 5.74) is 3.50. The molecule has 168 valence electrons. The van der Waals surface area contributed by atoms with Crippen LogP contribution in [0.3, 0.4) is 0 Å². The van der Waals surface area contributed by atoms with E-state index in [1.807, 2.05) is 48.5 Å². The summed E-state index contributed by atoms with van der Waals surface area (Å²) in [6, 6.07) is 19.6. The van der Waals surface area contributed by atoms with Crippen LogP contribution >= 0.6 is 0 Å². The molecule has 3 aromatic carbocycles. The van der Waals surface area contributed by atoms with Gasteiger partial charge in [-0.25, -0.2) is 18.0 Å². The summed E-state index contributed by atoms with van der Waals surface area (Å²) in [6.45, 7) is -0.527. The third-order valence-electron chi connectivity index (χ3n) is 5.24. The zero-order chi connectivity index (χ0) is 23.6. The van der Waals surface area contributed by atoms with Crippen molar-refractivity contribution in [2.45, 2.75) is 11.0 Å². The first-order valence-corrected chi connectivity index (χ1v) is 11.6. The number of carboxylic acid groups (broad SMARTS) is 1. The molecule has 0 unspecified atom stereocenters. The van der Waals surface area contributed by atoms with Crippen LogP contribution in [-0.4, -0.2) is 43.7 Å². The zero-order valence-electron chi connectivity index (χ0n) is 17.2. The van der Waals surface area contributed by atoms with Gasteiger partial charge in [0.1, 0.15) is 5.75 Å². The predicted octanol–water partition coefficient (Wildman–Crippen LogP) is 3.22. The van der Waals surface area contributed by atoms with E-state index in [2.05, 4.69) is 5.32 Å². The Kier molecular flexibility index (Phi) is 5.97. The molecule has 1 aliphatic carbocycles. The van der Waals surface area contributed by atoms with E-state index in [-0.39, 0.29) is 10.5 Å². The number of fused-ring (bicyclic) bond motifs is 3. The van der Waals surface area contributed by atoms with Gasteiger partial charge in [0.2, 0.25) is 0 Å². The molecule has 0 bridgehead atoms. The maximum Gasteiger partial charge on any atom is 0.408 e. The van der Waals surface area contributed by atoms with Gasteiger partial charge in [-0.15, -0.1) is 0 Å². The second-order valence-corrected chi connectivity index (χ2v) is 9.43. The van der Waals surface area contributed by atoms with E-state index in [1.165, 1.54) is 0 Å². The number of sulfone groups is 1. The van der Waals surface area contributed by atoms with E-state index in [0.29, 0.717) is 0 Å². The lowest BCUT2D eigenvalue weighted by Crippen LogP contribution is -2.33. The van der Waals surface area contributed by atoms with Gasteiger partial charge in [0.15, 0.2) is 21.7 Å². The summed E-state index contributed by atoms with van der Waals surface area (Å²) in [5, 5.41) is 11.2. The van der Waals surface area contributed by atoms with Crippen molar-refractivity contribution >= 4 is 27.7 Å². The summed E-state index contributed by atoms with van der Waals surface area (Å²) in [4.78, 5) is 35.3. The molecule has 0 saturated heterocycles. The number of aromatic carboxylic acids is 1. The van der Waals surface area contributed by atoms with E-state index >= 15 is 0 Å². The fraction of sp³-hybridized carbons (Fsp3) is 0.125. The van der Waals surface area contributed by atoms with E-state index in [4.69, 9.17) is 9.84 Å². The van der Waals surface area contributed by atoms with Crippen molar-refractivity contribution in [3.8, 4) is 11.1 Å². The Balaban J connectivity index is 1.37. The molecule has 3 aromatic rings. The quantitative estimate of drug-likeness (QED) is 0.548. The number of ether oxygens (including phenoxy) is 1. The molecule has 0 atom stereocenters. The number of nitrogens with one attached hydrogen (secondary N) is 1. The molecule has 1 aliphatic rings. The Bertz CT molecular complexity index is 1300. The van der Waals surface area contributed by atoms with Crippen molar-refractivity contribution in [3.63, 3.8) is 0 Å². The number of amides is 1. The topological polar surface area (TPSA) is 127 Å². The Morgan fingerprint density at radius 2 is 1.39 bits per heavy atom. The van der Waals surface area contributed by atoms with Crippen LogP contribution in [0.15, 0.2) is 77.7 Å². The lowest BCUT2D eigenvalue weighted by Gasteiger charge is -2.15. The average Bonchev–Trinajstić information content (AvgIpc) is 3.11. The predicted molar refractivity (Wildman–Crippen MR) is 119 cm³/mol. The summed E-state index contributed by atoms with van der Waals surface area (Å²) < 4.78 is 30.4. The molecule has 8 nitrogen and oxygen atoms in total. The van der Waals surface area contributed by atoms with Crippen LogP contribution in [0.4, 0.5) is 4.79 Å². The van der Waals surface area contributed by atoms with Gasteiger partial charge < -0.3 is 15.2 Å². The van der Waals surface area contributed by atoms with Crippen molar-refractivity contribution in [1.29, 1.82) is 0 Å². The lowest BCUT2D eigenvalue weighted by molar-refractivity contribution is -0.115. The highest BCUT2D eigenvalue weighted by molar-refractivity contribution is 7.92. The summed E-state index contributed by atoms with van der Waals surface area (Å²) in [7, 11) is -3.99. The Hall–Kier alpha value is -3.98. The fourth-order valence-electron chi connectivity index (χ4n) is 3.71. The van der Waals surface area contributed by atoms with Crippen LogP contribution in [0.2, 0.25) is 0 Å². The number of Topliss-reactive ketones (excluding diaryl/α,β-unsaturated/α-hetero) is 1. The minimum atomic E-state index is -3.99. The van der Waals surface area contributed by atoms with Gasteiger partial charge in [0, 0.05) is 11.1 Å². The summed E-state index contributed by atoms with van der Waals surface area (Å²) >= 11 is 0. The van der Waals surface area contributed by atoms with Gasteiger partial charge >= 0.3 is 12.1 Å². The minimum Gasteiger partial charge on any atom is -0.478 e. The molecular weight excluding hydrogens is 446 g/mol. The standard InChI is InChI=1S/C24H19NO7S/c26-16(14-33(30,31)17-11-9-15(10-12-17)23(27)28)13-25-24(29)32-22-20-7-3-1-5-18(20)19-6-2-4-8-21(19)22/h1-12,22H,13-14H2,(H,25,29)(H,27,28). The average molecular weight is 465 g/mol. The van der Waals surface area contributed by atoms with E-state index in [1.54, 1.807) is 0 Å². The molecule has 0 fully saturated rings. The lowest BCUT2D eigenvalue weighted by atomic mass is 10.1. The maximum atomic E-state index is 12.4. The number of hydrogen-bond acceptors (Lipinski definition) is 6. The molecule has 0 radical (unpaired) electrons. The number of ketones is 1. The maximum absolute atomic E-state index is 12.4. The molecule has 0 aliphatic heterocycles. The molecular formula is C24H19NO7S. The van der Waals surface area contributed by atoms with Gasteiger partial charge in [0.05, 0.1) is 17.0 Å². The highest BCUT2D eigenvalue weighted by Gasteiger charge is 2.31. The first-order valence-electron chi connectivity index (χ1n) is 9.97. The van der Waals surface area contributed by atoms with Gasteiger partial charge in [-0.3, -0.25) is 4.79 Å². The zero-order valence-corrected chi connectivity index (χ0v) is 18.0. The van der Waals surface area contributed by atoms with E-state index < -0.39 is 46.1 Å². The molecule has 0 saturated carbocycles. The Labute approximate surface area is 189 Å². The highest BCUT2D eigenvalue weighted by atomic mass is 32.2. The Morgan fingerprint density at radius 3 is 1.94 bits per heavy atom. The van der Waals surface area contributed by atoms with Gasteiger partial charge in [0.25, 0.3) is 0 Å². The van der Waals surface area contributed by atoms with Crippen LogP contribution < -0.4 is 5.32 Å². The van der Waals surface area contributed by atoms with E-state index in [9.17, 15) is 22.8 Å². The number of alkyl carbamates (subject to hydrolysis) is 1. The second-order valence-electron chi connectivity index (χ2n) is 7.44. The highest BCUT2D eigenvalue weighted by Crippen LogP contribution is 2.44. The van der Waals surface area contributed by atoms with Crippen molar-refractivity contribution in [2.24, 2.45) is 0 Å². The fourth-order valence-corrected chi connectivity index (χ4v) is 4.95. The number of carboxylic acids is 1. The number of benzene rings is 3. The van der Waals surface area contributed by atoms with Crippen LogP contribution in [-0.2, 0) is 19.4 Å². The number of rotatable bonds is 7. The number of carbonyl (C=O) groups is 3. The van der Waals surface area contributed by atoms with Crippen molar-refractivity contribution in [3.05, 3.63) is 89.5 Å². The van der Waals surface area contributed by atoms with Crippen molar-refractivity contribution < 1.29 is 32.6 Å². The van der Waals surface area contributed by atoms with Gasteiger partial charge in [-0.05, 0) is 35.4 Å². The van der Waals surface area contributed by atoms with Crippen molar-refractivity contribution in [1.82, 2.24) is 5.32 Å². The molecule has 0 heterocycles. The third kappa shape index (κ3) is 4.63. The minimum absolute atomic E-state index is 0.0697. The Morgan fingerprint density at radius 1 is 0.848 bits per heavy atom. The van der Waals surface area contributed by atoms with Gasteiger partial charge in [-0.1, -0.05) is 48.5 Å². The number of carbonyl (C=O) groups excluding carboxylic acids is 2. The van der Waals surface area contributed by atoms with Crippen LogP contribution in [0.5, 0.6) is 0 Å². The van der Waals surface area contributed by atoms with E-state index in [0.717, 1.165) is 46.5 Å². The molecule has 0 aromatic heterocycles. The molecule has 1 amide bonds. The monoisotopic (exact) mass is 465 g/mol. The largest absolute Gasteiger partial charge is 0.478 e. The third-order valence-corrected chi connectivity index (χ3v) is 6.94. The normalized spacial score (nSPS) is 12.5. The van der Waals surface area contributed by atoms with Gasteiger partial charge in [-0.2, -0.15) is 0 Å². The van der Waals surface area contributed by atoms with Crippen molar-refractivity contribution in [2.75, 3.05) is 12.3 Å². The number of hydrogen-bond donors (Lipinski definition) is 2. The first-order chi connectivity index (χ1) is 15.8. The second kappa shape index (κ2) is 8.87. The first kappa shape index (κ1) is 22.2. The molecule has 9 heteroatoms. The smallest absolute Gasteiger partial charge is 0.408 e. The molecule has 4 rings (SSSR count). The van der Waals surface area contributed by atoms with Crippen LogP contribution in [0, 0.1) is 0 Å². The summed E-state index contributed by atoms with van der Waals surface area (Å²) in [5.74, 6) is -2.76. The van der Waals surface area contributed by atoms with Crippen LogP contribution in [0.25, 0.3) is 11.1 Å².